The highest BCUT2D eigenvalue weighted by Crippen LogP contribution is 2.30. The number of methoxy groups -OCH3 is 2. The van der Waals surface area contributed by atoms with Crippen molar-refractivity contribution in [1.29, 1.82) is 0 Å². The molecule has 9 heteroatoms. The van der Waals surface area contributed by atoms with Crippen LogP contribution in [-0.4, -0.2) is 74.1 Å². The number of piperazine rings is 1. The van der Waals surface area contributed by atoms with Crippen molar-refractivity contribution in [2.45, 2.75) is 32.2 Å². The smallest absolute Gasteiger partial charge is 0.321 e. The zero-order chi connectivity index (χ0) is 22.5. The molecule has 32 heavy (non-hydrogen) atoms. The number of carbonyl (C=O) groups excluding carboxylic acids is 1. The van der Waals surface area contributed by atoms with E-state index in [0.29, 0.717) is 49.4 Å². The zero-order valence-corrected chi connectivity index (χ0v) is 19.1. The number of nitrogens with zero attached hydrogens (tertiary/aromatic N) is 5. The van der Waals surface area contributed by atoms with E-state index >= 15 is 0 Å². The largest absolute Gasteiger partial charge is 0.493 e. The third-order valence-electron chi connectivity index (χ3n) is 6.26. The fraction of sp³-hybridized carbons (Fsp3) is 0.522. The van der Waals surface area contributed by atoms with Crippen LogP contribution in [0.2, 0.25) is 0 Å². The van der Waals surface area contributed by atoms with Crippen LogP contribution >= 0.6 is 0 Å². The molecule has 1 atom stereocenters. The SMILES string of the molecule is COc1ccc(NC(=O)N2CCN(c3ccc(N4CCCCC4C)nn3)CC2)cc1OC. The minimum atomic E-state index is -0.127. The van der Waals surface area contributed by atoms with Crippen LogP contribution in [0, 0.1) is 0 Å². The molecule has 2 aromatic rings. The number of piperidine rings is 1. The van der Waals surface area contributed by atoms with E-state index in [0.717, 1.165) is 18.2 Å². The number of aromatic nitrogens is 2. The fourth-order valence-electron chi connectivity index (χ4n) is 4.33. The van der Waals surface area contributed by atoms with Crippen LogP contribution in [-0.2, 0) is 0 Å². The highest BCUT2D eigenvalue weighted by Gasteiger charge is 2.24. The lowest BCUT2D eigenvalue weighted by Gasteiger charge is -2.36. The maximum absolute atomic E-state index is 12.7. The second-order valence-corrected chi connectivity index (χ2v) is 8.26. The molecule has 1 aromatic heterocycles. The van der Waals surface area contributed by atoms with E-state index < -0.39 is 0 Å². The van der Waals surface area contributed by atoms with Crippen molar-refractivity contribution in [2.24, 2.45) is 0 Å². The molecule has 2 saturated heterocycles. The Morgan fingerprint density at radius 3 is 2.31 bits per heavy atom. The Kier molecular flexibility index (Phi) is 6.82. The predicted molar refractivity (Wildman–Crippen MR) is 125 cm³/mol. The number of hydrogen-bond acceptors (Lipinski definition) is 7. The molecular weight excluding hydrogens is 408 g/mol. The number of carbonyl (C=O) groups is 1. The van der Waals surface area contributed by atoms with Crippen LogP contribution in [0.25, 0.3) is 0 Å². The molecule has 1 unspecified atom stereocenters. The molecule has 0 spiro atoms. The van der Waals surface area contributed by atoms with E-state index in [9.17, 15) is 4.79 Å². The van der Waals surface area contributed by atoms with Gasteiger partial charge in [-0.2, -0.15) is 0 Å². The number of rotatable bonds is 5. The number of hydrogen-bond donors (Lipinski definition) is 1. The minimum absolute atomic E-state index is 0.127. The summed E-state index contributed by atoms with van der Waals surface area (Å²) in [6.45, 7) is 5.96. The van der Waals surface area contributed by atoms with Gasteiger partial charge in [-0.15, -0.1) is 10.2 Å². The molecule has 1 aromatic carbocycles. The summed E-state index contributed by atoms with van der Waals surface area (Å²) >= 11 is 0. The monoisotopic (exact) mass is 440 g/mol. The number of ether oxygens (including phenoxy) is 2. The summed E-state index contributed by atoms with van der Waals surface area (Å²) < 4.78 is 10.6. The maximum Gasteiger partial charge on any atom is 0.321 e. The first-order valence-corrected chi connectivity index (χ1v) is 11.2. The van der Waals surface area contributed by atoms with E-state index in [-0.39, 0.29) is 6.03 Å². The molecule has 3 heterocycles. The molecule has 2 amide bonds. The first-order valence-electron chi connectivity index (χ1n) is 11.2. The lowest BCUT2D eigenvalue weighted by Crippen LogP contribution is -2.50. The van der Waals surface area contributed by atoms with Gasteiger partial charge in [0.15, 0.2) is 23.1 Å². The average Bonchev–Trinajstić information content (AvgIpc) is 2.84. The van der Waals surface area contributed by atoms with Gasteiger partial charge in [-0.25, -0.2) is 4.79 Å². The highest BCUT2D eigenvalue weighted by molar-refractivity contribution is 5.90. The second-order valence-electron chi connectivity index (χ2n) is 8.26. The van der Waals surface area contributed by atoms with Gasteiger partial charge in [-0.1, -0.05) is 0 Å². The van der Waals surface area contributed by atoms with E-state index in [1.807, 2.05) is 11.0 Å². The van der Waals surface area contributed by atoms with Crippen LogP contribution in [0.5, 0.6) is 11.5 Å². The zero-order valence-electron chi connectivity index (χ0n) is 19.1. The van der Waals surface area contributed by atoms with Crippen LogP contribution in [0.3, 0.4) is 0 Å². The van der Waals surface area contributed by atoms with Crippen molar-refractivity contribution < 1.29 is 14.3 Å². The van der Waals surface area contributed by atoms with Gasteiger partial charge in [0.1, 0.15) is 0 Å². The topological polar surface area (TPSA) is 83.1 Å². The van der Waals surface area contributed by atoms with Gasteiger partial charge in [-0.3, -0.25) is 0 Å². The number of benzene rings is 1. The van der Waals surface area contributed by atoms with Crippen LogP contribution in [0.4, 0.5) is 22.1 Å². The quantitative estimate of drug-likeness (QED) is 0.764. The van der Waals surface area contributed by atoms with E-state index in [4.69, 9.17) is 9.47 Å². The fourth-order valence-corrected chi connectivity index (χ4v) is 4.33. The molecule has 0 saturated carbocycles. The summed E-state index contributed by atoms with van der Waals surface area (Å²) in [5.74, 6) is 3.02. The van der Waals surface area contributed by atoms with Crippen molar-refractivity contribution in [3.63, 3.8) is 0 Å². The van der Waals surface area contributed by atoms with Crippen LogP contribution in [0.1, 0.15) is 26.2 Å². The van der Waals surface area contributed by atoms with Gasteiger partial charge < -0.3 is 29.5 Å². The second kappa shape index (κ2) is 9.93. The normalized spacial score (nSPS) is 19.0. The Labute approximate surface area is 189 Å². The van der Waals surface area contributed by atoms with E-state index in [1.165, 1.54) is 19.3 Å². The predicted octanol–water partition coefficient (Wildman–Crippen LogP) is 3.23. The van der Waals surface area contributed by atoms with Gasteiger partial charge >= 0.3 is 6.03 Å². The van der Waals surface area contributed by atoms with Gasteiger partial charge in [0.05, 0.1) is 14.2 Å². The third-order valence-corrected chi connectivity index (χ3v) is 6.26. The Morgan fingerprint density at radius 1 is 0.938 bits per heavy atom. The van der Waals surface area contributed by atoms with Gasteiger partial charge in [-0.05, 0) is 50.5 Å². The summed E-state index contributed by atoms with van der Waals surface area (Å²) in [6, 6.07) is 9.83. The number of amides is 2. The lowest BCUT2D eigenvalue weighted by atomic mass is 10.0. The summed E-state index contributed by atoms with van der Waals surface area (Å²) in [7, 11) is 3.16. The summed E-state index contributed by atoms with van der Waals surface area (Å²) in [5.41, 5.74) is 0.670. The van der Waals surface area contributed by atoms with E-state index in [2.05, 4.69) is 38.3 Å². The van der Waals surface area contributed by atoms with Crippen LogP contribution in [0.15, 0.2) is 30.3 Å². The molecular formula is C23H32N6O3. The number of urea groups is 1. The van der Waals surface area contributed by atoms with Crippen molar-refractivity contribution in [2.75, 3.05) is 62.1 Å². The molecule has 0 radical (unpaired) electrons. The van der Waals surface area contributed by atoms with Crippen molar-refractivity contribution in [3.8, 4) is 11.5 Å². The average molecular weight is 441 g/mol. The lowest BCUT2D eigenvalue weighted by molar-refractivity contribution is 0.208. The molecule has 172 valence electrons. The third kappa shape index (κ3) is 4.81. The molecule has 2 fully saturated rings. The number of anilines is 3. The standard InChI is InChI=1S/C23H32N6O3/c1-17-6-4-5-11-29(17)22-10-9-21(25-26-22)27-12-14-28(15-13-27)23(30)24-18-7-8-19(31-2)20(16-18)32-3/h7-10,16-17H,4-6,11-15H2,1-3H3,(H,24,30). The Bertz CT molecular complexity index is 914. The Morgan fingerprint density at radius 2 is 1.66 bits per heavy atom. The molecule has 2 aliphatic heterocycles. The summed E-state index contributed by atoms with van der Waals surface area (Å²) in [6.07, 6.45) is 3.70. The minimum Gasteiger partial charge on any atom is -0.493 e. The van der Waals surface area contributed by atoms with E-state index in [1.54, 1.807) is 32.4 Å². The van der Waals surface area contributed by atoms with Crippen molar-refractivity contribution in [1.82, 2.24) is 15.1 Å². The Balaban J connectivity index is 1.31. The first kappa shape index (κ1) is 22.0. The molecule has 0 bridgehead atoms. The number of nitrogens with one attached hydrogen (secondary N) is 1. The summed E-state index contributed by atoms with van der Waals surface area (Å²) in [5, 5.41) is 11.9. The molecule has 9 nitrogen and oxygen atoms in total. The summed E-state index contributed by atoms with van der Waals surface area (Å²) in [4.78, 5) is 19.0. The van der Waals surface area contributed by atoms with Gasteiger partial charge in [0.2, 0.25) is 0 Å². The highest BCUT2D eigenvalue weighted by atomic mass is 16.5. The molecule has 4 rings (SSSR count). The first-order chi connectivity index (χ1) is 15.6. The van der Waals surface area contributed by atoms with Crippen molar-refractivity contribution in [3.05, 3.63) is 30.3 Å². The Hall–Kier alpha value is -3.23. The molecule has 0 aliphatic carbocycles. The molecule has 1 N–H and O–H groups in total. The maximum atomic E-state index is 12.7. The van der Waals surface area contributed by atoms with Crippen LogP contribution < -0.4 is 24.6 Å². The van der Waals surface area contributed by atoms with Gasteiger partial charge in [0.25, 0.3) is 0 Å². The molecule has 2 aliphatic rings. The van der Waals surface area contributed by atoms with Crippen molar-refractivity contribution >= 4 is 23.4 Å². The van der Waals surface area contributed by atoms with Gasteiger partial charge in [0, 0.05) is 50.5 Å².